The highest BCUT2D eigenvalue weighted by molar-refractivity contribution is 5.71. The predicted molar refractivity (Wildman–Crippen MR) is 44.5 cm³/mol. The van der Waals surface area contributed by atoms with Crippen LogP contribution in [-0.2, 0) is 14.3 Å². The van der Waals surface area contributed by atoms with E-state index in [1.807, 2.05) is 13.8 Å². The van der Waals surface area contributed by atoms with Crippen LogP contribution in [0.4, 0.5) is 0 Å². The van der Waals surface area contributed by atoms with E-state index < -0.39 is 0 Å². The average molecular weight is 172 g/mol. The summed E-state index contributed by atoms with van der Waals surface area (Å²) < 4.78 is 10.3. The third kappa shape index (κ3) is 2.81. The SMILES string of the molecule is CC(C)C(=O)O[C@@H]1CCCCO1. The summed E-state index contributed by atoms with van der Waals surface area (Å²) in [4.78, 5) is 11.1. The van der Waals surface area contributed by atoms with E-state index in [4.69, 9.17) is 9.47 Å². The molecule has 0 spiro atoms. The van der Waals surface area contributed by atoms with Crippen LogP contribution in [-0.4, -0.2) is 18.9 Å². The summed E-state index contributed by atoms with van der Waals surface area (Å²) in [6.07, 6.45) is 2.73. The first-order valence-electron chi connectivity index (χ1n) is 4.52. The third-order valence-electron chi connectivity index (χ3n) is 1.86. The van der Waals surface area contributed by atoms with Crippen molar-refractivity contribution >= 4 is 5.97 Å². The maximum Gasteiger partial charge on any atom is 0.310 e. The second kappa shape index (κ2) is 4.45. The second-order valence-corrected chi connectivity index (χ2v) is 3.39. The minimum atomic E-state index is -0.284. The lowest BCUT2D eigenvalue weighted by Gasteiger charge is -2.23. The lowest BCUT2D eigenvalue weighted by molar-refractivity contribution is -0.190. The summed E-state index contributed by atoms with van der Waals surface area (Å²) in [5.41, 5.74) is 0. The Morgan fingerprint density at radius 3 is 2.75 bits per heavy atom. The van der Waals surface area contributed by atoms with Crippen molar-refractivity contribution in [3.8, 4) is 0 Å². The van der Waals surface area contributed by atoms with Crippen LogP contribution in [0.2, 0.25) is 0 Å². The molecule has 12 heavy (non-hydrogen) atoms. The first-order chi connectivity index (χ1) is 5.70. The Bertz CT molecular complexity index is 148. The molecular formula is C9H16O3. The van der Waals surface area contributed by atoms with Crippen LogP contribution >= 0.6 is 0 Å². The Labute approximate surface area is 73.0 Å². The Balaban J connectivity index is 2.24. The van der Waals surface area contributed by atoms with Gasteiger partial charge in [0.15, 0.2) is 0 Å². The zero-order valence-electron chi connectivity index (χ0n) is 7.71. The molecule has 1 aliphatic heterocycles. The van der Waals surface area contributed by atoms with E-state index in [0.717, 1.165) is 25.9 Å². The summed E-state index contributed by atoms with van der Waals surface area (Å²) in [5.74, 6) is -0.225. The predicted octanol–water partition coefficient (Wildman–Crippen LogP) is 1.71. The van der Waals surface area contributed by atoms with Gasteiger partial charge in [-0.3, -0.25) is 4.79 Å². The number of esters is 1. The molecule has 70 valence electrons. The zero-order chi connectivity index (χ0) is 8.97. The van der Waals surface area contributed by atoms with E-state index in [1.165, 1.54) is 0 Å². The third-order valence-corrected chi connectivity index (χ3v) is 1.86. The van der Waals surface area contributed by atoms with Crippen molar-refractivity contribution in [3.05, 3.63) is 0 Å². The molecule has 1 aliphatic rings. The van der Waals surface area contributed by atoms with Crippen LogP contribution in [0.25, 0.3) is 0 Å². The Kier molecular flexibility index (Phi) is 3.53. The van der Waals surface area contributed by atoms with Gasteiger partial charge in [-0.1, -0.05) is 13.8 Å². The molecule has 0 bridgehead atoms. The van der Waals surface area contributed by atoms with Gasteiger partial charge >= 0.3 is 5.97 Å². The van der Waals surface area contributed by atoms with E-state index in [9.17, 15) is 4.79 Å². The largest absolute Gasteiger partial charge is 0.436 e. The number of rotatable bonds is 2. The summed E-state index contributed by atoms with van der Waals surface area (Å²) in [5, 5.41) is 0. The van der Waals surface area contributed by atoms with Crippen LogP contribution in [0.3, 0.4) is 0 Å². The van der Waals surface area contributed by atoms with E-state index in [2.05, 4.69) is 0 Å². The molecule has 0 unspecified atom stereocenters. The number of carbonyl (C=O) groups is 1. The normalized spacial score (nSPS) is 24.1. The molecule has 0 radical (unpaired) electrons. The van der Waals surface area contributed by atoms with Gasteiger partial charge in [0.25, 0.3) is 0 Å². The van der Waals surface area contributed by atoms with Crippen molar-refractivity contribution in [1.29, 1.82) is 0 Å². The molecule has 0 aromatic carbocycles. The van der Waals surface area contributed by atoms with Crippen LogP contribution in [0.5, 0.6) is 0 Å². The fourth-order valence-electron chi connectivity index (χ4n) is 1.07. The lowest BCUT2D eigenvalue weighted by atomic mass is 10.2. The molecule has 0 aromatic heterocycles. The van der Waals surface area contributed by atoms with Crippen molar-refractivity contribution in [1.82, 2.24) is 0 Å². The molecule has 1 fully saturated rings. The maximum absolute atomic E-state index is 11.1. The van der Waals surface area contributed by atoms with Gasteiger partial charge in [0.2, 0.25) is 6.29 Å². The fourth-order valence-corrected chi connectivity index (χ4v) is 1.07. The average Bonchev–Trinajstić information content (AvgIpc) is 2.06. The molecule has 0 aliphatic carbocycles. The maximum atomic E-state index is 11.1. The van der Waals surface area contributed by atoms with Crippen molar-refractivity contribution in [3.63, 3.8) is 0 Å². The van der Waals surface area contributed by atoms with Crippen molar-refractivity contribution in [2.75, 3.05) is 6.61 Å². The molecule has 0 amide bonds. The van der Waals surface area contributed by atoms with Gasteiger partial charge in [-0.05, 0) is 12.8 Å². The Morgan fingerprint density at radius 2 is 2.25 bits per heavy atom. The first-order valence-corrected chi connectivity index (χ1v) is 4.52. The van der Waals surface area contributed by atoms with Gasteiger partial charge in [-0.2, -0.15) is 0 Å². The number of carbonyl (C=O) groups excluding carboxylic acids is 1. The molecule has 0 N–H and O–H groups in total. The van der Waals surface area contributed by atoms with E-state index >= 15 is 0 Å². The topological polar surface area (TPSA) is 35.5 Å². The van der Waals surface area contributed by atoms with Crippen LogP contribution in [0, 0.1) is 5.92 Å². The number of hydrogen-bond donors (Lipinski definition) is 0. The van der Waals surface area contributed by atoms with Gasteiger partial charge in [0.05, 0.1) is 12.5 Å². The molecule has 0 saturated carbocycles. The summed E-state index contributed by atoms with van der Waals surface area (Å²) in [6, 6.07) is 0. The Hall–Kier alpha value is -0.570. The van der Waals surface area contributed by atoms with E-state index in [1.54, 1.807) is 0 Å². The van der Waals surface area contributed by atoms with Gasteiger partial charge < -0.3 is 9.47 Å². The van der Waals surface area contributed by atoms with Gasteiger partial charge in [-0.15, -0.1) is 0 Å². The summed E-state index contributed by atoms with van der Waals surface area (Å²) >= 11 is 0. The van der Waals surface area contributed by atoms with Gasteiger partial charge in [0, 0.05) is 6.42 Å². The second-order valence-electron chi connectivity index (χ2n) is 3.39. The highest BCUT2D eigenvalue weighted by atomic mass is 16.7. The highest BCUT2D eigenvalue weighted by Crippen LogP contribution is 2.14. The van der Waals surface area contributed by atoms with Crippen molar-refractivity contribution < 1.29 is 14.3 Å². The highest BCUT2D eigenvalue weighted by Gasteiger charge is 2.19. The van der Waals surface area contributed by atoms with Crippen LogP contribution < -0.4 is 0 Å². The summed E-state index contributed by atoms with van der Waals surface area (Å²) in [7, 11) is 0. The Morgan fingerprint density at radius 1 is 1.50 bits per heavy atom. The summed E-state index contributed by atoms with van der Waals surface area (Å²) in [6.45, 7) is 4.37. The van der Waals surface area contributed by atoms with Crippen molar-refractivity contribution in [2.24, 2.45) is 5.92 Å². The first kappa shape index (κ1) is 9.52. The molecule has 1 saturated heterocycles. The lowest BCUT2D eigenvalue weighted by Crippen LogP contribution is -2.27. The van der Waals surface area contributed by atoms with Crippen LogP contribution in [0.1, 0.15) is 33.1 Å². The molecule has 1 atom stereocenters. The van der Waals surface area contributed by atoms with Crippen LogP contribution in [0.15, 0.2) is 0 Å². The van der Waals surface area contributed by atoms with E-state index in [0.29, 0.717) is 0 Å². The smallest absolute Gasteiger partial charge is 0.310 e. The van der Waals surface area contributed by atoms with E-state index in [-0.39, 0.29) is 18.2 Å². The monoisotopic (exact) mass is 172 g/mol. The van der Waals surface area contributed by atoms with Gasteiger partial charge in [0.1, 0.15) is 0 Å². The minimum absolute atomic E-state index is 0.0597. The molecule has 0 aromatic rings. The minimum Gasteiger partial charge on any atom is -0.436 e. The molecule has 3 nitrogen and oxygen atoms in total. The number of ether oxygens (including phenoxy) is 2. The number of hydrogen-bond acceptors (Lipinski definition) is 3. The van der Waals surface area contributed by atoms with Crippen molar-refractivity contribution in [2.45, 2.75) is 39.4 Å². The quantitative estimate of drug-likeness (QED) is 0.595. The standard InChI is InChI=1S/C9H16O3/c1-7(2)9(10)12-8-5-3-4-6-11-8/h7-8H,3-6H2,1-2H3/t8-/m1/s1. The molecule has 1 heterocycles. The van der Waals surface area contributed by atoms with Gasteiger partial charge in [-0.25, -0.2) is 0 Å². The zero-order valence-corrected chi connectivity index (χ0v) is 7.71. The molecule has 3 heteroatoms. The fraction of sp³-hybridized carbons (Fsp3) is 0.889. The molecule has 1 rings (SSSR count). The molecular weight excluding hydrogens is 156 g/mol.